The smallest absolute Gasteiger partial charge is 0.232 e. The summed E-state index contributed by atoms with van der Waals surface area (Å²) in [6.45, 7) is 1.16. The van der Waals surface area contributed by atoms with Gasteiger partial charge in [0.15, 0.2) is 0 Å². The maximum atomic E-state index is 13.5. The predicted molar refractivity (Wildman–Crippen MR) is 112 cm³/mol. The number of likely N-dealkylation sites (N-methyl/N-ethyl adjacent to an activating group) is 1. The minimum Gasteiger partial charge on any atom is -0.550 e. The number of hydrogen-bond acceptors (Lipinski definition) is 6. The number of rotatable bonds is 7. The summed E-state index contributed by atoms with van der Waals surface area (Å²) in [6.07, 6.45) is -0.324. The lowest BCUT2D eigenvalue weighted by Gasteiger charge is -2.29. The number of carbonyl (C=O) groups is 2. The average molecular weight is 414 g/mol. The summed E-state index contributed by atoms with van der Waals surface area (Å²) in [5.41, 5.74) is 1.71. The van der Waals surface area contributed by atoms with Crippen LogP contribution in [0.25, 0.3) is 0 Å². The van der Waals surface area contributed by atoms with Crippen LogP contribution in [0.5, 0.6) is 5.75 Å². The number of ether oxygens (including phenoxy) is 1. The van der Waals surface area contributed by atoms with Crippen LogP contribution < -0.4 is 14.7 Å². The number of amides is 1. The summed E-state index contributed by atoms with van der Waals surface area (Å²) in [5.74, 6) is -1.42. The molecule has 3 rings (SSSR count). The summed E-state index contributed by atoms with van der Waals surface area (Å²) >= 11 is 1.53. The van der Waals surface area contributed by atoms with E-state index in [1.807, 2.05) is 67.5 Å². The number of fused-ring (bicyclic) bond motifs is 1. The number of carbonyl (C=O) groups excluding carboxylic acids is 2. The van der Waals surface area contributed by atoms with Gasteiger partial charge in [0, 0.05) is 29.2 Å². The maximum absolute atomic E-state index is 13.5. The monoisotopic (exact) mass is 413 g/mol. The van der Waals surface area contributed by atoms with Crippen LogP contribution in [0.2, 0.25) is 0 Å². The number of methoxy groups -OCH3 is 1. The number of thioether (sulfide) groups is 1. The second kappa shape index (κ2) is 9.33. The van der Waals surface area contributed by atoms with E-state index in [-0.39, 0.29) is 17.6 Å². The summed E-state index contributed by atoms with van der Waals surface area (Å²) in [4.78, 5) is 29.8. The van der Waals surface area contributed by atoms with Gasteiger partial charge in [-0.2, -0.15) is 0 Å². The summed E-state index contributed by atoms with van der Waals surface area (Å²) in [7, 11) is 5.49. The topological polar surface area (TPSA) is 72.9 Å². The van der Waals surface area contributed by atoms with Crippen LogP contribution >= 0.6 is 11.8 Å². The van der Waals surface area contributed by atoms with E-state index in [9.17, 15) is 14.7 Å². The Morgan fingerprint density at radius 1 is 1.17 bits per heavy atom. The van der Waals surface area contributed by atoms with Gasteiger partial charge in [-0.15, -0.1) is 11.8 Å². The molecule has 0 saturated carbocycles. The molecule has 0 N–H and O–H groups in total. The first kappa shape index (κ1) is 21.2. The Kier molecular flexibility index (Phi) is 6.82. The fourth-order valence-corrected chi connectivity index (χ4v) is 4.85. The summed E-state index contributed by atoms with van der Waals surface area (Å²) in [5, 5.41) is 11.2. The third kappa shape index (κ3) is 4.92. The lowest BCUT2D eigenvalue weighted by molar-refractivity contribution is -0.306. The normalized spacial score (nSPS) is 19.0. The van der Waals surface area contributed by atoms with Gasteiger partial charge in [-0.05, 0) is 50.3 Å². The number of carboxylic acids is 1. The van der Waals surface area contributed by atoms with Crippen molar-refractivity contribution in [2.45, 2.75) is 16.6 Å². The van der Waals surface area contributed by atoms with Gasteiger partial charge in [0.05, 0.1) is 18.7 Å². The summed E-state index contributed by atoms with van der Waals surface area (Å²) < 4.78 is 5.23. The standard InChI is InChI=1S/C22H26N2O4S/c1-23(2)12-13-24-18-6-4-5-7-19(18)29-21(17(22(24)27)14-20(25)26)15-8-10-16(28-3)11-9-15/h4-11,17,21H,12-14H2,1-3H3,(H,25,26)/p-1/t17-,21-/m0/s1. The van der Waals surface area contributed by atoms with E-state index in [1.165, 1.54) is 11.8 Å². The number of carboxylic acid groups (broad SMARTS) is 1. The van der Waals surface area contributed by atoms with Crippen molar-refractivity contribution in [1.29, 1.82) is 0 Å². The molecule has 2 aromatic carbocycles. The van der Waals surface area contributed by atoms with Gasteiger partial charge in [0.2, 0.25) is 5.91 Å². The molecule has 29 heavy (non-hydrogen) atoms. The number of nitrogens with zero attached hydrogens (tertiary/aromatic N) is 2. The molecule has 7 heteroatoms. The molecule has 0 fully saturated rings. The fourth-order valence-electron chi connectivity index (χ4n) is 3.45. The highest BCUT2D eigenvalue weighted by Crippen LogP contribution is 2.49. The minimum atomic E-state index is -1.22. The zero-order chi connectivity index (χ0) is 21.0. The Balaban J connectivity index is 2.06. The molecular formula is C22H25N2O4S-. The van der Waals surface area contributed by atoms with Crippen molar-refractivity contribution in [2.24, 2.45) is 5.92 Å². The van der Waals surface area contributed by atoms with Crippen molar-refractivity contribution < 1.29 is 19.4 Å². The Labute approximate surface area is 175 Å². The third-order valence-electron chi connectivity index (χ3n) is 4.96. The molecule has 0 saturated heterocycles. The second-order valence-electron chi connectivity index (χ2n) is 7.26. The molecule has 1 aliphatic rings. The van der Waals surface area contributed by atoms with Crippen molar-refractivity contribution in [1.82, 2.24) is 4.90 Å². The van der Waals surface area contributed by atoms with Crippen molar-refractivity contribution in [2.75, 3.05) is 39.2 Å². The molecule has 1 heterocycles. The lowest BCUT2D eigenvalue weighted by atomic mass is 9.93. The molecular weight excluding hydrogens is 388 g/mol. The van der Waals surface area contributed by atoms with Gasteiger partial charge < -0.3 is 24.4 Å². The van der Waals surface area contributed by atoms with Crippen LogP contribution in [0, 0.1) is 5.92 Å². The molecule has 6 nitrogen and oxygen atoms in total. The number of para-hydroxylation sites is 1. The van der Waals surface area contributed by atoms with Crippen molar-refractivity contribution in [3.05, 3.63) is 54.1 Å². The van der Waals surface area contributed by atoms with Gasteiger partial charge in [-0.1, -0.05) is 24.3 Å². The van der Waals surface area contributed by atoms with Gasteiger partial charge in [0.1, 0.15) is 5.75 Å². The van der Waals surface area contributed by atoms with E-state index >= 15 is 0 Å². The SMILES string of the molecule is COc1ccc([C@@H]2Sc3ccccc3N(CCN(C)C)C(=O)[C@H]2CC(=O)[O-])cc1. The largest absolute Gasteiger partial charge is 0.550 e. The second-order valence-corrected chi connectivity index (χ2v) is 8.44. The quantitative estimate of drug-likeness (QED) is 0.693. The number of anilines is 1. The van der Waals surface area contributed by atoms with Crippen molar-refractivity contribution in [3.63, 3.8) is 0 Å². The first-order chi connectivity index (χ1) is 13.9. The van der Waals surface area contributed by atoms with E-state index in [4.69, 9.17) is 4.74 Å². The third-order valence-corrected chi connectivity index (χ3v) is 6.41. The highest BCUT2D eigenvalue weighted by molar-refractivity contribution is 7.99. The van der Waals surface area contributed by atoms with Crippen LogP contribution in [0.1, 0.15) is 17.2 Å². The molecule has 1 amide bonds. The predicted octanol–water partition coefficient (Wildman–Crippen LogP) is 2.19. The molecule has 0 aromatic heterocycles. The molecule has 154 valence electrons. The Morgan fingerprint density at radius 3 is 2.48 bits per heavy atom. The fraction of sp³-hybridized carbons (Fsp3) is 0.364. The van der Waals surface area contributed by atoms with Crippen LogP contribution in [-0.2, 0) is 9.59 Å². The van der Waals surface area contributed by atoms with Crippen LogP contribution in [0.3, 0.4) is 0 Å². The highest BCUT2D eigenvalue weighted by atomic mass is 32.2. The molecule has 0 unspecified atom stereocenters. The first-order valence-electron chi connectivity index (χ1n) is 9.46. The van der Waals surface area contributed by atoms with Gasteiger partial charge in [0.25, 0.3) is 0 Å². The van der Waals surface area contributed by atoms with Gasteiger partial charge >= 0.3 is 0 Å². The van der Waals surface area contributed by atoms with Crippen LogP contribution in [0.4, 0.5) is 5.69 Å². The Morgan fingerprint density at radius 2 is 1.86 bits per heavy atom. The molecule has 1 aliphatic heterocycles. The van der Waals surface area contributed by atoms with Crippen molar-refractivity contribution in [3.8, 4) is 5.75 Å². The highest BCUT2D eigenvalue weighted by Gasteiger charge is 2.38. The molecule has 0 spiro atoms. The Bertz CT molecular complexity index is 869. The lowest BCUT2D eigenvalue weighted by Crippen LogP contribution is -2.42. The number of benzene rings is 2. The van der Waals surface area contributed by atoms with E-state index in [0.717, 1.165) is 16.1 Å². The van der Waals surface area contributed by atoms with Crippen LogP contribution in [-0.4, -0.2) is 51.1 Å². The molecule has 0 aliphatic carbocycles. The summed E-state index contributed by atoms with van der Waals surface area (Å²) in [6, 6.07) is 15.2. The Hall–Kier alpha value is -2.51. The van der Waals surface area contributed by atoms with Crippen LogP contribution in [0.15, 0.2) is 53.4 Å². The van der Waals surface area contributed by atoms with Gasteiger partial charge in [-0.3, -0.25) is 4.79 Å². The van der Waals surface area contributed by atoms with Crippen molar-refractivity contribution >= 4 is 29.3 Å². The molecule has 2 aromatic rings. The maximum Gasteiger partial charge on any atom is 0.232 e. The zero-order valence-corrected chi connectivity index (χ0v) is 17.6. The first-order valence-corrected chi connectivity index (χ1v) is 10.3. The number of hydrogen-bond donors (Lipinski definition) is 0. The minimum absolute atomic E-state index is 0.186. The van der Waals surface area contributed by atoms with E-state index < -0.39 is 11.9 Å². The average Bonchev–Trinajstić information content (AvgIpc) is 2.81. The molecule has 2 atom stereocenters. The molecule has 0 bridgehead atoms. The number of aliphatic carboxylic acids is 1. The van der Waals surface area contributed by atoms with E-state index in [0.29, 0.717) is 18.8 Å². The van der Waals surface area contributed by atoms with Gasteiger partial charge in [-0.25, -0.2) is 0 Å². The van der Waals surface area contributed by atoms with E-state index in [1.54, 1.807) is 12.0 Å². The molecule has 0 radical (unpaired) electrons. The van der Waals surface area contributed by atoms with E-state index in [2.05, 4.69) is 0 Å². The zero-order valence-electron chi connectivity index (χ0n) is 16.8.